The van der Waals surface area contributed by atoms with Crippen LogP contribution in [0.25, 0.3) is 0 Å². The zero-order valence-electron chi connectivity index (χ0n) is 12.6. The molecule has 21 heavy (non-hydrogen) atoms. The van der Waals surface area contributed by atoms with Gasteiger partial charge in [0.2, 0.25) is 0 Å². The fourth-order valence-electron chi connectivity index (χ4n) is 2.14. The molecular formula is C14H21N3O3S. The summed E-state index contributed by atoms with van der Waals surface area (Å²) >= 11 is 0. The van der Waals surface area contributed by atoms with Gasteiger partial charge in [-0.05, 0) is 33.6 Å². The molecule has 0 spiro atoms. The number of likely N-dealkylation sites (tertiary alicyclic amines) is 1. The smallest absolute Gasteiger partial charge is 0.410 e. The lowest BCUT2D eigenvalue weighted by atomic mass is 10.1. The fourth-order valence-corrected chi connectivity index (χ4v) is 3.45. The number of carbonyl (C=O) groups excluding carboxylic acids is 1. The van der Waals surface area contributed by atoms with E-state index in [9.17, 15) is 9.00 Å². The Kier molecular flexibility index (Phi) is 4.92. The average Bonchev–Trinajstić information content (AvgIpc) is 2.46. The Morgan fingerprint density at radius 1 is 1.33 bits per heavy atom. The van der Waals surface area contributed by atoms with Gasteiger partial charge in [-0.3, -0.25) is 9.19 Å². The molecule has 1 aromatic rings. The van der Waals surface area contributed by atoms with Gasteiger partial charge in [0.25, 0.3) is 0 Å². The number of amides is 1. The summed E-state index contributed by atoms with van der Waals surface area (Å²) in [6.45, 7) is 6.67. The first-order chi connectivity index (χ1) is 9.87. The largest absolute Gasteiger partial charge is 0.444 e. The van der Waals surface area contributed by atoms with Crippen molar-refractivity contribution in [3.05, 3.63) is 18.6 Å². The number of hydrogen-bond acceptors (Lipinski definition) is 5. The van der Waals surface area contributed by atoms with Gasteiger partial charge in [0.15, 0.2) is 0 Å². The first-order valence-corrected chi connectivity index (χ1v) is 8.22. The maximum absolute atomic E-state index is 12.4. The summed E-state index contributed by atoms with van der Waals surface area (Å²) in [4.78, 5) is 21.7. The van der Waals surface area contributed by atoms with Crippen molar-refractivity contribution in [1.82, 2.24) is 14.9 Å². The van der Waals surface area contributed by atoms with E-state index in [-0.39, 0.29) is 11.3 Å². The Hall–Kier alpha value is -1.50. The van der Waals surface area contributed by atoms with Gasteiger partial charge < -0.3 is 9.64 Å². The Bertz CT molecular complexity index is 508. The van der Waals surface area contributed by atoms with Crippen molar-refractivity contribution in [2.45, 2.75) is 49.5 Å². The summed E-state index contributed by atoms with van der Waals surface area (Å²) in [6.07, 6.45) is 5.71. The third-order valence-corrected chi connectivity index (χ3v) is 4.84. The standard InChI is InChI=1S/C14H21N3O3S/c1-14(2,3)20-13(18)17-8-4-11(5-9-17)21(19)12-10-15-6-7-16-12/h6-7,10-11H,4-5,8-9H2,1-3H3. The van der Waals surface area contributed by atoms with Crippen LogP contribution in [0.4, 0.5) is 4.79 Å². The number of ether oxygens (including phenoxy) is 1. The van der Waals surface area contributed by atoms with E-state index >= 15 is 0 Å². The maximum atomic E-state index is 12.4. The van der Waals surface area contributed by atoms with Gasteiger partial charge in [-0.25, -0.2) is 9.78 Å². The predicted molar refractivity (Wildman–Crippen MR) is 79.3 cm³/mol. The highest BCUT2D eigenvalue weighted by Gasteiger charge is 2.30. The highest BCUT2D eigenvalue weighted by atomic mass is 32.2. The summed E-state index contributed by atoms with van der Waals surface area (Å²) in [5.41, 5.74) is -0.490. The summed E-state index contributed by atoms with van der Waals surface area (Å²) in [5, 5.41) is 0.522. The van der Waals surface area contributed by atoms with E-state index in [0.717, 1.165) is 0 Å². The third-order valence-electron chi connectivity index (χ3n) is 3.14. The van der Waals surface area contributed by atoms with E-state index < -0.39 is 16.4 Å². The Morgan fingerprint density at radius 2 is 2.00 bits per heavy atom. The van der Waals surface area contributed by atoms with E-state index in [1.165, 1.54) is 6.20 Å². The van der Waals surface area contributed by atoms with Gasteiger partial charge in [-0.15, -0.1) is 0 Å². The van der Waals surface area contributed by atoms with Crippen LogP contribution >= 0.6 is 0 Å². The second-order valence-corrected chi connectivity index (χ2v) is 7.69. The van der Waals surface area contributed by atoms with Crippen molar-refractivity contribution < 1.29 is 13.7 Å². The molecule has 1 aliphatic rings. The number of carbonyl (C=O) groups is 1. The molecule has 0 N–H and O–H groups in total. The average molecular weight is 311 g/mol. The maximum Gasteiger partial charge on any atom is 0.410 e. The van der Waals surface area contributed by atoms with E-state index in [1.807, 2.05) is 20.8 Å². The van der Waals surface area contributed by atoms with Gasteiger partial charge in [0, 0.05) is 30.7 Å². The fraction of sp³-hybridized carbons (Fsp3) is 0.643. The lowest BCUT2D eigenvalue weighted by Crippen LogP contribution is -2.43. The van der Waals surface area contributed by atoms with Crippen LogP contribution in [0.15, 0.2) is 23.6 Å². The molecule has 0 radical (unpaired) electrons. The van der Waals surface area contributed by atoms with Crippen LogP contribution in [0.2, 0.25) is 0 Å². The minimum atomic E-state index is -1.17. The van der Waals surface area contributed by atoms with Gasteiger partial charge >= 0.3 is 6.09 Å². The minimum Gasteiger partial charge on any atom is -0.444 e. The van der Waals surface area contributed by atoms with Crippen LogP contribution in [-0.2, 0) is 15.5 Å². The number of hydrogen-bond donors (Lipinski definition) is 0. The zero-order chi connectivity index (χ0) is 15.5. The van der Waals surface area contributed by atoms with Crippen molar-refractivity contribution in [2.75, 3.05) is 13.1 Å². The molecule has 0 aliphatic carbocycles. The normalized spacial score (nSPS) is 18.3. The Labute approximate surface area is 127 Å². The molecule has 2 heterocycles. The number of nitrogens with zero attached hydrogens (tertiary/aromatic N) is 3. The zero-order valence-corrected chi connectivity index (χ0v) is 13.4. The van der Waals surface area contributed by atoms with E-state index in [0.29, 0.717) is 31.0 Å². The van der Waals surface area contributed by atoms with Crippen LogP contribution in [0.3, 0.4) is 0 Å². The lowest BCUT2D eigenvalue weighted by Gasteiger charge is -2.32. The molecular weight excluding hydrogens is 290 g/mol. The lowest BCUT2D eigenvalue weighted by molar-refractivity contribution is 0.0218. The molecule has 1 saturated heterocycles. The monoisotopic (exact) mass is 311 g/mol. The first kappa shape index (κ1) is 15.9. The van der Waals surface area contributed by atoms with Crippen molar-refractivity contribution in [3.8, 4) is 0 Å². The van der Waals surface area contributed by atoms with Crippen LogP contribution in [0, 0.1) is 0 Å². The summed E-state index contributed by atoms with van der Waals surface area (Å²) in [5.74, 6) is 0. The summed E-state index contributed by atoms with van der Waals surface area (Å²) in [7, 11) is -1.17. The Morgan fingerprint density at radius 3 is 2.52 bits per heavy atom. The van der Waals surface area contributed by atoms with Crippen LogP contribution in [-0.4, -0.2) is 49.1 Å². The first-order valence-electron chi connectivity index (χ1n) is 7.01. The molecule has 2 rings (SSSR count). The second-order valence-electron chi connectivity index (χ2n) is 6.01. The highest BCUT2D eigenvalue weighted by molar-refractivity contribution is 7.85. The predicted octanol–water partition coefficient (Wildman–Crippen LogP) is 1.98. The SMILES string of the molecule is CC(C)(C)OC(=O)N1CCC(S(=O)c2cnccn2)CC1. The molecule has 1 aromatic heterocycles. The van der Waals surface area contributed by atoms with Gasteiger partial charge in [0.05, 0.1) is 17.0 Å². The van der Waals surface area contributed by atoms with Crippen molar-refractivity contribution in [3.63, 3.8) is 0 Å². The minimum absolute atomic E-state index is 0.0142. The van der Waals surface area contributed by atoms with Gasteiger partial charge in [0.1, 0.15) is 10.6 Å². The summed E-state index contributed by atoms with van der Waals surface area (Å²) < 4.78 is 17.7. The van der Waals surface area contributed by atoms with Gasteiger partial charge in [-0.1, -0.05) is 0 Å². The molecule has 0 saturated carbocycles. The van der Waals surface area contributed by atoms with Crippen molar-refractivity contribution in [2.24, 2.45) is 0 Å². The van der Waals surface area contributed by atoms with Gasteiger partial charge in [-0.2, -0.15) is 0 Å². The van der Waals surface area contributed by atoms with E-state index in [1.54, 1.807) is 17.3 Å². The molecule has 1 aliphatic heterocycles. The second kappa shape index (κ2) is 6.51. The highest BCUT2D eigenvalue weighted by Crippen LogP contribution is 2.21. The quantitative estimate of drug-likeness (QED) is 0.835. The number of aromatic nitrogens is 2. The number of piperidine rings is 1. The molecule has 7 heteroatoms. The van der Waals surface area contributed by atoms with Crippen molar-refractivity contribution in [1.29, 1.82) is 0 Å². The van der Waals surface area contributed by atoms with E-state index in [4.69, 9.17) is 4.74 Å². The Balaban J connectivity index is 1.89. The van der Waals surface area contributed by atoms with Crippen LogP contribution in [0.5, 0.6) is 0 Å². The third kappa shape index (κ3) is 4.49. The van der Waals surface area contributed by atoms with Crippen LogP contribution < -0.4 is 0 Å². The molecule has 116 valence electrons. The molecule has 0 aromatic carbocycles. The molecule has 1 atom stereocenters. The molecule has 6 nitrogen and oxygen atoms in total. The van der Waals surface area contributed by atoms with E-state index in [2.05, 4.69) is 9.97 Å². The summed E-state index contributed by atoms with van der Waals surface area (Å²) in [6, 6.07) is 0. The molecule has 1 unspecified atom stereocenters. The number of rotatable bonds is 2. The molecule has 0 bridgehead atoms. The topological polar surface area (TPSA) is 72.4 Å². The van der Waals surface area contributed by atoms with Crippen molar-refractivity contribution >= 4 is 16.9 Å². The van der Waals surface area contributed by atoms with Crippen LogP contribution in [0.1, 0.15) is 33.6 Å². The molecule has 1 fully saturated rings. The molecule has 1 amide bonds.